The van der Waals surface area contributed by atoms with Crippen LogP contribution in [0.1, 0.15) is 18.2 Å². The molecule has 1 unspecified atom stereocenters. The molecule has 0 aliphatic heterocycles. The standard InChI is InChI=1S/C14H18N2O/c1-10-5-6-12(15)9-14(10)16-11(2)8-13-4-3-7-17-13/h3-7,9,11,16H,8,15H2,1-2H3. The van der Waals surface area contributed by atoms with Gasteiger partial charge in [0.1, 0.15) is 5.76 Å². The molecule has 0 aliphatic rings. The summed E-state index contributed by atoms with van der Waals surface area (Å²) in [5.41, 5.74) is 8.85. The molecule has 1 heterocycles. The molecule has 1 aromatic carbocycles. The minimum Gasteiger partial charge on any atom is -0.469 e. The molecule has 0 amide bonds. The van der Waals surface area contributed by atoms with Gasteiger partial charge in [0, 0.05) is 23.8 Å². The van der Waals surface area contributed by atoms with Crippen molar-refractivity contribution in [3.63, 3.8) is 0 Å². The summed E-state index contributed by atoms with van der Waals surface area (Å²) in [5, 5.41) is 3.45. The molecular weight excluding hydrogens is 212 g/mol. The summed E-state index contributed by atoms with van der Waals surface area (Å²) in [7, 11) is 0. The SMILES string of the molecule is Cc1ccc(N)cc1NC(C)Cc1ccco1. The van der Waals surface area contributed by atoms with Crippen LogP contribution in [-0.4, -0.2) is 6.04 Å². The van der Waals surface area contributed by atoms with Crippen molar-refractivity contribution in [2.45, 2.75) is 26.3 Å². The first-order valence-electron chi connectivity index (χ1n) is 5.80. The van der Waals surface area contributed by atoms with Gasteiger partial charge in [-0.25, -0.2) is 0 Å². The second-order valence-corrected chi connectivity index (χ2v) is 4.40. The average Bonchev–Trinajstić information content (AvgIpc) is 2.76. The molecule has 3 nitrogen and oxygen atoms in total. The van der Waals surface area contributed by atoms with Gasteiger partial charge in [-0.3, -0.25) is 0 Å². The fraction of sp³-hybridized carbons (Fsp3) is 0.286. The van der Waals surface area contributed by atoms with Gasteiger partial charge in [-0.15, -0.1) is 0 Å². The number of aryl methyl sites for hydroxylation is 1. The van der Waals surface area contributed by atoms with Gasteiger partial charge in [0.15, 0.2) is 0 Å². The van der Waals surface area contributed by atoms with E-state index >= 15 is 0 Å². The van der Waals surface area contributed by atoms with Crippen molar-refractivity contribution in [2.24, 2.45) is 0 Å². The van der Waals surface area contributed by atoms with Gasteiger partial charge in [-0.05, 0) is 43.7 Å². The van der Waals surface area contributed by atoms with E-state index in [4.69, 9.17) is 10.2 Å². The molecule has 2 rings (SSSR count). The number of nitrogen functional groups attached to an aromatic ring is 1. The zero-order valence-electron chi connectivity index (χ0n) is 10.2. The molecule has 0 bridgehead atoms. The monoisotopic (exact) mass is 230 g/mol. The van der Waals surface area contributed by atoms with Crippen LogP contribution in [0, 0.1) is 6.92 Å². The Labute approximate surface area is 102 Å². The highest BCUT2D eigenvalue weighted by Crippen LogP contribution is 2.19. The first kappa shape index (κ1) is 11.6. The van der Waals surface area contributed by atoms with Crippen molar-refractivity contribution in [1.82, 2.24) is 0 Å². The minimum atomic E-state index is 0.307. The Balaban J connectivity index is 2.02. The van der Waals surface area contributed by atoms with Crippen molar-refractivity contribution >= 4 is 11.4 Å². The molecule has 0 aliphatic carbocycles. The van der Waals surface area contributed by atoms with E-state index < -0.39 is 0 Å². The van der Waals surface area contributed by atoms with Gasteiger partial charge in [0.25, 0.3) is 0 Å². The maximum atomic E-state index is 5.78. The summed E-state index contributed by atoms with van der Waals surface area (Å²) in [5.74, 6) is 0.992. The van der Waals surface area contributed by atoms with Crippen molar-refractivity contribution < 1.29 is 4.42 Å². The molecule has 17 heavy (non-hydrogen) atoms. The second kappa shape index (κ2) is 4.95. The lowest BCUT2D eigenvalue weighted by Gasteiger charge is -2.16. The topological polar surface area (TPSA) is 51.2 Å². The highest BCUT2D eigenvalue weighted by Gasteiger charge is 2.07. The van der Waals surface area contributed by atoms with Crippen LogP contribution in [0.15, 0.2) is 41.0 Å². The highest BCUT2D eigenvalue weighted by atomic mass is 16.3. The maximum Gasteiger partial charge on any atom is 0.105 e. The number of hydrogen-bond donors (Lipinski definition) is 2. The second-order valence-electron chi connectivity index (χ2n) is 4.40. The number of hydrogen-bond acceptors (Lipinski definition) is 3. The van der Waals surface area contributed by atoms with Gasteiger partial charge >= 0.3 is 0 Å². The Hall–Kier alpha value is -1.90. The average molecular weight is 230 g/mol. The fourth-order valence-corrected chi connectivity index (χ4v) is 1.84. The van der Waals surface area contributed by atoms with Crippen LogP contribution in [-0.2, 0) is 6.42 Å². The summed E-state index contributed by atoms with van der Waals surface area (Å²) in [6, 6.07) is 10.1. The van der Waals surface area contributed by atoms with Crippen LogP contribution < -0.4 is 11.1 Å². The number of furan rings is 1. The minimum absolute atomic E-state index is 0.307. The zero-order chi connectivity index (χ0) is 12.3. The molecule has 0 radical (unpaired) electrons. The number of nitrogens with one attached hydrogen (secondary N) is 1. The lowest BCUT2D eigenvalue weighted by molar-refractivity contribution is 0.498. The molecule has 3 N–H and O–H groups in total. The fourth-order valence-electron chi connectivity index (χ4n) is 1.84. The Bertz CT molecular complexity index is 477. The third-order valence-corrected chi connectivity index (χ3v) is 2.75. The Morgan fingerprint density at radius 3 is 2.88 bits per heavy atom. The largest absolute Gasteiger partial charge is 0.469 e. The summed E-state index contributed by atoms with van der Waals surface area (Å²) < 4.78 is 5.33. The smallest absolute Gasteiger partial charge is 0.105 e. The lowest BCUT2D eigenvalue weighted by atomic mass is 10.1. The van der Waals surface area contributed by atoms with Gasteiger partial charge in [-0.2, -0.15) is 0 Å². The Morgan fingerprint density at radius 2 is 2.18 bits per heavy atom. The lowest BCUT2D eigenvalue weighted by Crippen LogP contribution is -2.18. The molecule has 90 valence electrons. The molecule has 0 saturated carbocycles. The molecule has 1 atom stereocenters. The molecule has 0 spiro atoms. The molecule has 1 aromatic heterocycles. The van der Waals surface area contributed by atoms with Crippen molar-refractivity contribution in [3.05, 3.63) is 47.9 Å². The van der Waals surface area contributed by atoms with Crippen LogP contribution in [0.3, 0.4) is 0 Å². The van der Waals surface area contributed by atoms with Crippen LogP contribution in [0.4, 0.5) is 11.4 Å². The van der Waals surface area contributed by atoms with E-state index in [0.717, 1.165) is 23.6 Å². The van der Waals surface area contributed by atoms with E-state index in [1.54, 1.807) is 6.26 Å². The normalized spacial score (nSPS) is 12.4. The van der Waals surface area contributed by atoms with E-state index in [1.807, 2.05) is 30.3 Å². The van der Waals surface area contributed by atoms with E-state index in [9.17, 15) is 0 Å². The number of nitrogens with two attached hydrogens (primary N) is 1. The molecule has 3 heteroatoms. The number of rotatable bonds is 4. The van der Waals surface area contributed by atoms with Gasteiger partial charge in [0.2, 0.25) is 0 Å². The van der Waals surface area contributed by atoms with Crippen LogP contribution >= 0.6 is 0 Å². The predicted octanol–water partition coefficient (Wildman–Crippen LogP) is 3.21. The van der Waals surface area contributed by atoms with Gasteiger partial charge < -0.3 is 15.5 Å². The van der Waals surface area contributed by atoms with E-state index in [-0.39, 0.29) is 0 Å². The highest BCUT2D eigenvalue weighted by molar-refractivity contribution is 5.59. The van der Waals surface area contributed by atoms with Crippen LogP contribution in [0.2, 0.25) is 0 Å². The van der Waals surface area contributed by atoms with E-state index in [1.165, 1.54) is 5.56 Å². The van der Waals surface area contributed by atoms with Crippen molar-refractivity contribution in [1.29, 1.82) is 0 Å². The third kappa shape index (κ3) is 3.03. The molecule has 0 fully saturated rings. The summed E-state index contributed by atoms with van der Waals surface area (Å²) >= 11 is 0. The van der Waals surface area contributed by atoms with Crippen molar-refractivity contribution in [3.8, 4) is 0 Å². The first-order chi connectivity index (χ1) is 8.15. The Kier molecular flexibility index (Phi) is 3.38. The number of anilines is 2. The van der Waals surface area contributed by atoms with Crippen LogP contribution in [0.25, 0.3) is 0 Å². The first-order valence-corrected chi connectivity index (χ1v) is 5.80. The van der Waals surface area contributed by atoms with Crippen molar-refractivity contribution in [2.75, 3.05) is 11.1 Å². The van der Waals surface area contributed by atoms with Gasteiger partial charge in [0.05, 0.1) is 6.26 Å². The zero-order valence-corrected chi connectivity index (χ0v) is 10.2. The Morgan fingerprint density at radius 1 is 1.35 bits per heavy atom. The molecule has 2 aromatic rings. The van der Waals surface area contributed by atoms with Crippen LogP contribution in [0.5, 0.6) is 0 Å². The maximum absolute atomic E-state index is 5.78. The van der Waals surface area contributed by atoms with E-state index in [0.29, 0.717) is 6.04 Å². The molecule has 0 saturated heterocycles. The molecular formula is C14H18N2O. The summed E-state index contributed by atoms with van der Waals surface area (Å²) in [6.45, 7) is 4.20. The third-order valence-electron chi connectivity index (χ3n) is 2.75. The number of benzene rings is 1. The predicted molar refractivity (Wildman–Crippen MR) is 71.1 cm³/mol. The summed E-state index contributed by atoms with van der Waals surface area (Å²) in [6.07, 6.45) is 2.56. The van der Waals surface area contributed by atoms with Gasteiger partial charge in [-0.1, -0.05) is 6.07 Å². The summed E-state index contributed by atoms with van der Waals surface area (Å²) in [4.78, 5) is 0. The quantitative estimate of drug-likeness (QED) is 0.793. The van der Waals surface area contributed by atoms with E-state index in [2.05, 4.69) is 19.2 Å².